The van der Waals surface area contributed by atoms with Gasteiger partial charge in [-0.3, -0.25) is 14.5 Å². The molecule has 3 heterocycles. The number of guanidine groups is 1. The Morgan fingerprint density at radius 1 is 1.28 bits per heavy atom. The molecule has 0 aliphatic carbocycles. The van der Waals surface area contributed by atoms with Gasteiger partial charge >= 0.3 is 0 Å². The van der Waals surface area contributed by atoms with Crippen molar-refractivity contribution in [3.63, 3.8) is 0 Å². The lowest BCUT2D eigenvalue weighted by Crippen LogP contribution is -2.55. The number of nitrogens with zero attached hydrogens (tertiary/aromatic N) is 6. The first-order valence-corrected chi connectivity index (χ1v) is 11.3. The Morgan fingerprint density at radius 2 is 2.12 bits per heavy atom. The standard InChI is InChI=1S/C23H33N7O2/c1-4-24-23(29-11-12-30(22(31)17-29)19-14-26-27(2)16-19)25-13-18-9-10-28(15-18)20-7-5-6-8-21(20)32-3/h5-8,14,16,18H,4,9-13,15,17H2,1-3H3,(H,24,25). The molecule has 0 bridgehead atoms. The van der Waals surface area contributed by atoms with Crippen LogP contribution in [-0.4, -0.2) is 79.5 Å². The van der Waals surface area contributed by atoms with Gasteiger partial charge in [-0.05, 0) is 31.4 Å². The number of aryl methyl sites for hydroxylation is 1. The van der Waals surface area contributed by atoms with Crippen LogP contribution < -0.4 is 19.9 Å². The first-order chi connectivity index (χ1) is 15.6. The van der Waals surface area contributed by atoms with Crippen LogP contribution in [0.5, 0.6) is 5.75 Å². The number of hydrogen-bond acceptors (Lipinski definition) is 5. The molecule has 2 aliphatic rings. The summed E-state index contributed by atoms with van der Waals surface area (Å²) >= 11 is 0. The Labute approximate surface area is 189 Å². The van der Waals surface area contributed by atoms with E-state index in [1.807, 2.05) is 25.4 Å². The fourth-order valence-corrected chi connectivity index (χ4v) is 4.41. The van der Waals surface area contributed by atoms with E-state index >= 15 is 0 Å². The molecule has 1 amide bonds. The number of piperazine rings is 1. The minimum atomic E-state index is 0.0677. The number of anilines is 2. The van der Waals surface area contributed by atoms with Crippen molar-refractivity contribution < 1.29 is 9.53 Å². The van der Waals surface area contributed by atoms with E-state index in [0.29, 0.717) is 19.0 Å². The van der Waals surface area contributed by atoms with Gasteiger partial charge in [-0.25, -0.2) is 0 Å². The Kier molecular flexibility index (Phi) is 6.82. The third-order valence-electron chi connectivity index (χ3n) is 6.07. The molecular formula is C23H33N7O2. The van der Waals surface area contributed by atoms with E-state index in [1.165, 1.54) is 0 Å². The third-order valence-corrected chi connectivity index (χ3v) is 6.07. The maximum Gasteiger partial charge on any atom is 0.246 e. The second kappa shape index (κ2) is 9.93. The number of rotatable bonds is 6. The molecule has 1 atom stereocenters. The summed E-state index contributed by atoms with van der Waals surface area (Å²) in [6.45, 7) is 7.21. The van der Waals surface area contributed by atoms with Gasteiger partial charge in [0.05, 0.1) is 24.7 Å². The number of hydrogen-bond donors (Lipinski definition) is 1. The summed E-state index contributed by atoms with van der Waals surface area (Å²) in [5.74, 6) is 2.27. The van der Waals surface area contributed by atoms with Crippen molar-refractivity contribution in [2.45, 2.75) is 13.3 Å². The van der Waals surface area contributed by atoms with Crippen LogP contribution in [0.4, 0.5) is 11.4 Å². The number of para-hydroxylation sites is 2. The second-order valence-electron chi connectivity index (χ2n) is 8.31. The summed E-state index contributed by atoms with van der Waals surface area (Å²) in [5.41, 5.74) is 1.99. The van der Waals surface area contributed by atoms with Gasteiger partial charge in [0.1, 0.15) is 12.3 Å². The molecule has 9 heteroatoms. The van der Waals surface area contributed by atoms with Gasteiger partial charge in [0, 0.05) is 52.5 Å². The predicted octanol–water partition coefficient (Wildman–Crippen LogP) is 1.57. The van der Waals surface area contributed by atoms with Crippen LogP contribution in [-0.2, 0) is 11.8 Å². The fourth-order valence-electron chi connectivity index (χ4n) is 4.41. The molecule has 32 heavy (non-hydrogen) atoms. The van der Waals surface area contributed by atoms with Gasteiger partial charge in [0.15, 0.2) is 5.96 Å². The molecule has 2 saturated heterocycles. The van der Waals surface area contributed by atoms with Crippen molar-refractivity contribution in [1.29, 1.82) is 0 Å². The van der Waals surface area contributed by atoms with Crippen LogP contribution >= 0.6 is 0 Å². The highest BCUT2D eigenvalue weighted by Crippen LogP contribution is 2.32. The summed E-state index contributed by atoms with van der Waals surface area (Å²) in [7, 11) is 3.58. The zero-order valence-electron chi connectivity index (χ0n) is 19.2. The monoisotopic (exact) mass is 439 g/mol. The molecule has 1 aromatic carbocycles. The summed E-state index contributed by atoms with van der Waals surface area (Å²) < 4.78 is 7.25. The Morgan fingerprint density at radius 3 is 2.84 bits per heavy atom. The van der Waals surface area contributed by atoms with Crippen molar-refractivity contribution >= 4 is 23.2 Å². The average molecular weight is 440 g/mol. The molecule has 1 N–H and O–H groups in total. The van der Waals surface area contributed by atoms with Crippen LogP contribution in [0.15, 0.2) is 41.7 Å². The smallest absolute Gasteiger partial charge is 0.246 e. The lowest BCUT2D eigenvalue weighted by molar-refractivity contribution is -0.120. The maximum atomic E-state index is 12.8. The van der Waals surface area contributed by atoms with E-state index in [2.05, 4.69) is 39.3 Å². The van der Waals surface area contributed by atoms with Gasteiger partial charge in [0.2, 0.25) is 5.91 Å². The lowest BCUT2D eigenvalue weighted by Gasteiger charge is -2.35. The van der Waals surface area contributed by atoms with Crippen molar-refractivity contribution in [1.82, 2.24) is 20.0 Å². The number of aromatic nitrogens is 2. The maximum absolute atomic E-state index is 12.8. The summed E-state index contributed by atoms with van der Waals surface area (Å²) in [6, 6.07) is 8.17. The molecule has 9 nitrogen and oxygen atoms in total. The number of nitrogens with one attached hydrogen (secondary N) is 1. The highest BCUT2D eigenvalue weighted by atomic mass is 16.5. The van der Waals surface area contributed by atoms with Gasteiger partial charge in [0.25, 0.3) is 0 Å². The van der Waals surface area contributed by atoms with Crippen LogP contribution in [0.2, 0.25) is 0 Å². The van der Waals surface area contributed by atoms with E-state index in [9.17, 15) is 4.79 Å². The minimum absolute atomic E-state index is 0.0677. The largest absolute Gasteiger partial charge is 0.495 e. The number of amides is 1. The van der Waals surface area contributed by atoms with Crippen LogP contribution in [0, 0.1) is 5.92 Å². The van der Waals surface area contributed by atoms with E-state index in [0.717, 1.165) is 62.2 Å². The molecule has 2 aliphatic heterocycles. The molecule has 1 aromatic heterocycles. The molecule has 0 radical (unpaired) electrons. The number of carbonyl (C=O) groups is 1. The van der Waals surface area contributed by atoms with E-state index < -0.39 is 0 Å². The van der Waals surface area contributed by atoms with Gasteiger partial charge in [-0.15, -0.1) is 0 Å². The van der Waals surface area contributed by atoms with Crippen LogP contribution in [0.1, 0.15) is 13.3 Å². The molecule has 2 aromatic rings. The first kappa shape index (κ1) is 22.0. The molecular weight excluding hydrogens is 406 g/mol. The van der Waals surface area contributed by atoms with Crippen molar-refractivity contribution in [2.24, 2.45) is 18.0 Å². The Hall–Kier alpha value is -3.23. The Balaban J connectivity index is 1.37. The molecule has 2 fully saturated rings. The number of carbonyl (C=O) groups excluding carboxylic acids is 1. The number of aliphatic imine (C=N–C) groups is 1. The quantitative estimate of drug-likeness (QED) is 0.544. The van der Waals surface area contributed by atoms with Crippen LogP contribution in [0.25, 0.3) is 0 Å². The highest BCUT2D eigenvalue weighted by molar-refractivity contribution is 5.98. The van der Waals surface area contributed by atoms with E-state index in [-0.39, 0.29) is 5.91 Å². The van der Waals surface area contributed by atoms with E-state index in [1.54, 1.807) is 22.9 Å². The predicted molar refractivity (Wildman–Crippen MR) is 126 cm³/mol. The normalized spacial score (nSPS) is 19.6. The number of benzene rings is 1. The van der Waals surface area contributed by atoms with Crippen molar-refractivity contribution in [3.05, 3.63) is 36.7 Å². The molecule has 0 saturated carbocycles. The van der Waals surface area contributed by atoms with Crippen LogP contribution in [0.3, 0.4) is 0 Å². The zero-order chi connectivity index (χ0) is 22.5. The first-order valence-electron chi connectivity index (χ1n) is 11.3. The highest BCUT2D eigenvalue weighted by Gasteiger charge is 2.29. The lowest BCUT2D eigenvalue weighted by atomic mass is 10.1. The molecule has 0 spiro atoms. The SMILES string of the molecule is CCNC(=NCC1CCN(c2ccccc2OC)C1)N1CCN(c2cnn(C)c2)C(=O)C1. The van der Waals surface area contributed by atoms with Crippen molar-refractivity contribution in [2.75, 3.05) is 62.7 Å². The van der Waals surface area contributed by atoms with Gasteiger partial charge < -0.3 is 24.8 Å². The van der Waals surface area contributed by atoms with Gasteiger partial charge in [-0.2, -0.15) is 5.10 Å². The Bertz CT molecular complexity index is 957. The third kappa shape index (κ3) is 4.81. The minimum Gasteiger partial charge on any atom is -0.495 e. The summed E-state index contributed by atoms with van der Waals surface area (Å²) in [5, 5.41) is 7.56. The molecule has 172 valence electrons. The topological polar surface area (TPSA) is 78.2 Å². The average Bonchev–Trinajstić information content (AvgIpc) is 3.45. The fraction of sp³-hybridized carbons (Fsp3) is 0.522. The zero-order valence-corrected chi connectivity index (χ0v) is 19.2. The molecule has 4 rings (SSSR count). The molecule has 1 unspecified atom stereocenters. The van der Waals surface area contributed by atoms with Crippen molar-refractivity contribution in [3.8, 4) is 5.75 Å². The van der Waals surface area contributed by atoms with Gasteiger partial charge in [-0.1, -0.05) is 12.1 Å². The summed E-state index contributed by atoms with van der Waals surface area (Å²) in [6.07, 6.45) is 4.70. The second-order valence-corrected chi connectivity index (χ2v) is 8.31. The summed E-state index contributed by atoms with van der Waals surface area (Å²) in [4.78, 5) is 23.9. The number of methoxy groups -OCH3 is 1. The number of ether oxygens (including phenoxy) is 1. The van der Waals surface area contributed by atoms with E-state index in [4.69, 9.17) is 9.73 Å².